The van der Waals surface area contributed by atoms with Crippen molar-refractivity contribution >= 4 is 37.7 Å². The van der Waals surface area contributed by atoms with E-state index in [-0.39, 0.29) is 6.04 Å². The van der Waals surface area contributed by atoms with Gasteiger partial charge < -0.3 is 5.73 Å². The summed E-state index contributed by atoms with van der Waals surface area (Å²) in [6, 6.07) is 3.39. The van der Waals surface area contributed by atoms with Crippen LogP contribution in [0.4, 0.5) is 0 Å². The van der Waals surface area contributed by atoms with E-state index in [0.717, 1.165) is 21.5 Å². The molecule has 0 spiro atoms. The topological polar surface area (TPSA) is 72.2 Å². The first-order valence-corrected chi connectivity index (χ1v) is 9.84. The van der Waals surface area contributed by atoms with Gasteiger partial charge in [0.25, 0.3) is 0 Å². The molecule has 0 aliphatic rings. The molecule has 0 heterocycles. The van der Waals surface area contributed by atoms with Crippen LogP contribution in [0.15, 0.2) is 21.5 Å². The third-order valence-corrected chi connectivity index (χ3v) is 6.49. The molecule has 1 aromatic carbocycles. The van der Waals surface area contributed by atoms with E-state index in [2.05, 4.69) is 27.6 Å². The summed E-state index contributed by atoms with van der Waals surface area (Å²) < 4.78 is 28.4. The second-order valence-electron chi connectivity index (χ2n) is 4.59. The quantitative estimate of drug-likeness (QED) is 0.762. The van der Waals surface area contributed by atoms with Crippen LogP contribution in [0.2, 0.25) is 0 Å². The lowest BCUT2D eigenvalue weighted by atomic mass is 10.1. The Morgan fingerprint density at radius 3 is 2.65 bits per heavy atom. The fraction of sp³-hybridized carbons (Fsp3) is 0.538. The third kappa shape index (κ3) is 4.73. The highest BCUT2D eigenvalue weighted by molar-refractivity contribution is 9.10. The van der Waals surface area contributed by atoms with E-state index in [0.29, 0.717) is 17.0 Å². The van der Waals surface area contributed by atoms with Crippen LogP contribution >= 0.6 is 27.7 Å². The van der Waals surface area contributed by atoms with Gasteiger partial charge in [-0.25, -0.2) is 13.1 Å². The molecule has 0 aliphatic heterocycles. The van der Waals surface area contributed by atoms with Crippen LogP contribution in [-0.4, -0.2) is 26.0 Å². The summed E-state index contributed by atoms with van der Waals surface area (Å²) in [7, 11) is -3.52. The van der Waals surface area contributed by atoms with E-state index in [1.54, 1.807) is 24.8 Å². The van der Waals surface area contributed by atoms with Crippen molar-refractivity contribution in [2.45, 2.75) is 38.3 Å². The molecule has 0 aliphatic carbocycles. The van der Waals surface area contributed by atoms with E-state index in [1.807, 2.05) is 13.0 Å². The molecule has 114 valence electrons. The Hall–Kier alpha value is -0.0800. The molecule has 0 saturated heterocycles. The molecule has 3 N–H and O–H groups in total. The molecule has 0 amide bonds. The molecule has 1 atom stereocenters. The van der Waals surface area contributed by atoms with Crippen molar-refractivity contribution in [1.29, 1.82) is 0 Å². The molecule has 1 rings (SSSR count). The van der Waals surface area contributed by atoms with Gasteiger partial charge in [-0.2, -0.15) is 11.8 Å². The van der Waals surface area contributed by atoms with Crippen molar-refractivity contribution in [2.24, 2.45) is 5.73 Å². The van der Waals surface area contributed by atoms with Gasteiger partial charge in [-0.05, 0) is 42.9 Å². The predicted molar refractivity (Wildman–Crippen MR) is 89.6 cm³/mol. The maximum absolute atomic E-state index is 12.5. The van der Waals surface area contributed by atoms with E-state index in [4.69, 9.17) is 5.73 Å². The SMILES string of the molecule is CCSCC(C)NS(=O)(=O)c1cc(CN)cc(Br)c1C. The molecular formula is C13H21BrN2O2S2. The number of thioether (sulfide) groups is 1. The van der Waals surface area contributed by atoms with Crippen molar-refractivity contribution in [2.75, 3.05) is 11.5 Å². The van der Waals surface area contributed by atoms with Gasteiger partial charge in [0, 0.05) is 22.8 Å². The smallest absolute Gasteiger partial charge is 0.241 e. The standard InChI is InChI=1S/C13H21BrN2O2S2/c1-4-19-8-9(2)16-20(17,18)13-6-11(7-15)5-12(14)10(13)3/h5-6,9,16H,4,7-8,15H2,1-3H3. The maximum Gasteiger partial charge on any atom is 0.241 e. The number of benzene rings is 1. The lowest BCUT2D eigenvalue weighted by molar-refractivity contribution is 0.570. The predicted octanol–water partition coefficient (Wildman–Crippen LogP) is 2.64. The highest BCUT2D eigenvalue weighted by atomic mass is 79.9. The van der Waals surface area contributed by atoms with Crippen LogP contribution < -0.4 is 10.5 Å². The number of hydrogen-bond acceptors (Lipinski definition) is 4. The molecule has 0 fully saturated rings. The van der Waals surface area contributed by atoms with Crippen LogP contribution in [-0.2, 0) is 16.6 Å². The van der Waals surface area contributed by atoms with Gasteiger partial charge in [0.2, 0.25) is 10.0 Å². The zero-order valence-electron chi connectivity index (χ0n) is 11.9. The van der Waals surface area contributed by atoms with Gasteiger partial charge in [0.1, 0.15) is 0 Å². The molecular weight excluding hydrogens is 360 g/mol. The van der Waals surface area contributed by atoms with Crippen LogP contribution in [0, 0.1) is 6.92 Å². The molecule has 7 heteroatoms. The monoisotopic (exact) mass is 380 g/mol. The molecule has 1 aromatic rings. The fourth-order valence-corrected chi connectivity index (χ4v) is 4.74. The van der Waals surface area contributed by atoms with Crippen molar-refractivity contribution in [3.63, 3.8) is 0 Å². The van der Waals surface area contributed by atoms with E-state index in [9.17, 15) is 8.42 Å². The normalized spacial score (nSPS) is 13.4. The number of rotatable bonds is 7. The molecule has 1 unspecified atom stereocenters. The van der Waals surface area contributed by atoms with Gasteiger partial charge in [-0.15, -0.1) is 0 Å². The van der Waals surface area contributed by atoms with Gasteiger partial charge in [-0.3, -0.25) is 0 Å². The van der Waals surface area contributed by atoms with Crippen LogP contribution in [0.25, 0.3) is 0 Å². The van der Waals surface area contributed by atoms with Crippen LogP contribution in [0.1, 0.15) is 25.0 Å². The Labute approximate surface area is 134 Å². The van der Waals surface area contributed by atoms with E-state index >= 15 is 0 Å². The largest absolute Gasteiger partial charge is 0.326 e. The molecule has 0 bridgehead atoms. The first-order chi connectivity index (χ1) is 9.31. The summed E-state index contributed by atoms with van der Waals surface area (Å²) in [5, 5.41) is 0. The summed E-state index contributed by atoms with van der Waals surface area (Å²) in [6.07, 6.45) is 0. The second kappa shape index (κ2) is 7.79. The molecule has 0 saturated carbocycles. The first-order valence-electron chi connectivity index (χ1n) is 6.41. The Kier molecular flexibility index (Phi) is 7.00. The minimum absolute atomic E-state index is 0.107. The molecule has 0 aromatic heterocycles. The molecule has 20 heavy (non-hydrogen) atoms. The summed E-state index contributed by atoms with van der Waals surface area (Å²) in [5.74, 6) is 1.73. The number of hydrogen-bond donors (Lipinski definition) is 2. The molecule has 4 nitrogen and oxygen atoms in total. The Balaban J connectivity index is 3.06. The van der Waals surface area contributed by atoms with Gasteiger partial charge >= 0.3 is 0 Å². The number of halogens is 1. The number of nitrogens with one attached hydrogen (secondary N) is 1. The minimum Gasteiger partial charge on any atom is -0.326 e. The summed E-state index contributed by atoms with van der Waals surface area (Å²) in [4.78, 5) is 0.292. The number of nitrogens with two attached hydrogens (primary N) is 1. The lowest BCUT2D eigenvalue weighted by Gasteiger charge is -2.16. The van der Waals surface area contributed by atoms with Gasteiger partial charge in [0.05, 0.1) is 4.90 Å². The van der Waals surface area contributed by atoms with Crippen LogP contribution in [0.3, 0.4) is 0 Å². The lowest BCUT2D eigenvalue weighted by Crippen LogP contribution is -2.34. The van der Waals surface area contributed by atoms with Crippen molar-refractivity contribution in [1.82, 2.24) is 4.72 Å². The van der Waals surface area contributed by atoms with E-state index < -0.39 is 10.0 Å². The van der Waals surface area contributed by atoms with Crippen molar-refractivity contribution in [3.8, 4) is 0 Å². The van der Waals surface area contributed by atoms with Gasteiger partial charge in [-0.1, -0.05) is 22.9 Å². The Morgan fingerprint density at radius 1 is 1.45 bits per heavy atom. The highest BCUT2D eigenvalue weighted by Crippen LogP contribution is 2.26. The summed E-state index contributed by atoms with van der Waals surface area (Å²) in [6.45, 7) is 6.02. The molecule has 0 radical (unpaired) electrons. The van der Waals surface area contributed by atoms with E-state index in [1.165, 1.54) is 0 Å². The summed E-state index contributed by atoms with van der Waals surface area (Å²) >= 11 is 5.10. The average Bonchev–Trinajstić information content (AvgIpc) is 2.38. The Morgan fingerprint density at radius 2 is 2.10 bits per heavy atom. The van der Waals surface area contributed by atoms with Crippen LogP contribution in [0.5, 0.6) is 0 Å². The second-order valence-corrected chi connectivity index (χ2v) is 8.44. The zero-order valence-corrected chi connectivity index (χ0v) is 15.2. The average molecular weight is 381 g/mol. The highest BCUT2D eigenvalue weighted by Gasteiger charge is 2.21. The summed E-state index contributed by atoms with van der Waals surface area (Å²) in [5.41, 5.74) is 7.10. The van der Waals surface area contributed by atoms with Crippen molar-refractivity contribution < 1.29 is 8.42 Å². The third-order valence-electron chi connectivity index (χ3n) is 2.81. The van der Waals surface area contributed by atoms with Crippen molar-refractivity contribution in [3.05, 3.63) is 27.7 Å². The zero-order chi connectivity index (χ0) is 15.3. The first kappa shape index (κ1) is 18.0. The number of sulfonamides is 1. The Bertz CT molecular complexity index is 562. The van der Waals surface area contributed by atoms with Gasteiger partial charge in [0.15, 0.2) is 0 Å². The minimum atomic E-state index is -3.52. The fourth-order valence-electron chi connectivity index (χ4n) is 1.76. The maximum atomic E-state index is 12.5.